The third kappa shape index (κ3) is 7.26. The first-order valence-corrected chi connectivity index (χ1v) is 17.0. The van der Waals surface area contributed by atoms with E-state index in [2.05, 4.69) is 41.1 Å². The Bertz CT molecular complexity index is 1620. The van der Waals surface area contributed by atoms with Crippen molar-refractivity contribution < 1.29 is 34.9 Å². The van der Waals surface area contributed by atoms with Crippen LogP contribution in [0.2, 0.25) is 0 Å². The maximum Gasteiger partial charge on any atom is 0.534 e. The van der Waals surface area contributed by atoms with Gasteiger partial charge in [-0.1, -0.05) is 42.8 Å². The topological polar surface area (TPSA) is 55.8 Å². The van der Waals surface area contributed by atoms with E-state index in [0.717, 1.165) is 71.6 Å². The smallest absolute Gasteiger partial charge is 0.489 e. The van der Waals surface area contributed by atoms with Crippen LogP contribution < -0.4 is 8.92 Å². The summed E-state index contributed by atoms with van der Waals surface area (Å²) in [4.78, 5) is 2.84. The third-order valence-electron chi connectivity index (χ3n) is 7.87. The van der Waals surface area contributed by atoms with Gasteiger partial charge in [-0.25, -0.2) is 0 Å². The van der Waals surface area contributed by atoms with Crippen molar-refractivity contribution in [2.24, 2.45) is 0 Å². The summed E-state index contributed by atoms with van der Waals surface area (Å²) in [7, 11) is -5.80. The molecule has 0 saturated carbocycles. The van der Waals surface area contributed by atoms with Crippen LogP contribution in [0.1, 0.15) is 54.0 Å². The molecule has 0 radical (unpaired) electrons. The molecular formula is C33H35F4NO4S2. The van der Waals surface area contributed by atoms with Crippen LogP contribution >= 0.6 is 11.8 Å². The Balaban J connectivity index is 1.53. The zero-order valence-electron chi connectivity index (χ0n) is 24.6. The second-order valence-electron chi connectivity index (χ2n) is 11.0. The lowest BCUT2D eigenvalue weighted by molar-refractivity contribution is -0.0500. The molecule has 3 aromatic carbocycles. The van der Waals surface area contributed by atoms with Crippen molar-refractivity contribution in [1.29, 1.82) is 0 Å². The molecule has 0 spiro atoms. The van der Waals surface area contributed by atoms with Gasteiger partial charge in [-0.15, -0.1) is 11.8 Å². The molecule has 0 N–H and O–H groups in total. The van der Waals surface area contributed by atoms with Gasteiger partial charge in [0, 0.05) is 30.3 Å². The van der Waals surface area contributed by atoms with Crippen LogP contribution in [0.4, 0.5) is 17.6 Å². The predicted octanol–water partition coefficient (Wildman–Crippen LogP) is 8.05. The molecule has 236 valence electrons. The first-order chi connectivity index (χ1) is 21.0. The number of ether oxygens (including phenoxy) is 1. The molecule has 0 bridgehead atoms. The zero-order chi connectivity index (χ0) is 31.5. The number of alkyl halides is 4. The lowest BCUT2D eigenvalue weighted by atomic mass is 9.85. The van der Waals surface area contributed by atoms with Gasteiger partial charge in [0.25, 0.3) is 0 Å². The van der Waals surface area contributed by atoms with Gasteiger partial charge < -0.3 is 8.92 Å². The standard InChI is InChI=1S/C33H35F4NO4S2/c1-3-23-19-22(2)5-11-28(23)29-14-18-43-31-20-26(42-44(39,40)33(35,36)37)10-12-30(31)32(29)24-6-8-25(9-7-24)41-27-13-17-38(21-27)16-4-15-34/h5-12,19-20,27H,3-4,13-18,21H2,1-2H3/t27-/m0/s1. The van der Waals surface area contributed by atoms with Crippen molar-refractivity contribution in [2.75, 3.05) is 32.1 Å². The van der Waals surface area contributed by atoms with Gasteiger partial charge in [-0.05, 0) is 96.3 Å². The molecule has 2 heterocycles. The number of hydrogen-bond acceptors (Lipinski definition) is 6. The number of fused-ring (bicyclic) bond motifs is 1. The van der Waals surface area contributed by atoms with Crippen molar-refractivity contribution in [3.05, 3.63) is 88.5 Å². The minimum Gasteiger partial charge on any atom is -0.489 e. The Morgan fingerprint density at radius 2 is 1.73 bits per heavy atom. The summed E-state index contributed by atoms with van der Waals surface area (Å²) < 4.78 is 85.8. The van der Waals surface area contributed by atoms with Gasteiger partial charge in [0.1, 0.15) is 17.6 Å². The van der Waals surface area contributed by atoms with Gasteiger partial charge in [0.05, 0.1) is 6.67 Å². The fourth-order valence-corrected chi connectivity index (χ4v) is 7.29. The largest absolute Gasteiger partial charge is 0.534 e. The second-order valence-corrected chi connectivity index (χ2v) is 13.7. The lowest BCUT2D eigenvalue weighted by Gasteiger charge is -2.20. The summed E-state index contributed by atoms with van der Waals surface area (Å²) in [5.74, 6) is 0.976. The van der Waals surface area contributed by atoms with Gasteiger partial charge in [0.2, 0.25) is 0 Å². The van der Waals surface area contributed by atoms with Crippen molar-refractivity contribution in [1.82, 2.24) is 4.90 Å². The molecule has 2 aliphatic rings. The van der Waals surface area contributed by atoms with E-state index >= 15 is 0 Å². The van der Waals surface area contributed by atoms with Crippen LogP contribution in [0, 0.1) is 6.92 Å². The lowest BCUT2D eigenvalue weighted by Crippen LogP contribution is -2.28. The van der Waals surface area contributed by atoms with E-state index in [1.54, 1.807) is 6.07 Å². The summed E-state index contributed by atoms with van der Waals surface area (Å²) in [5, 5.41) is 0. The highest BCUT2D eigenvalue weighted by Gasteiger charge is 2.48. The minimum atomic E-state index is -5.80. The molecule has 0 aromatic heterocycles. The van der Waals surface area contributed by atoms with Crippen molar-refractivity contribution in [3.63, 3.8) is 0 Å². The number of allylic oxidation sites excluding steroid dienone is 1. The number of benzene rings is 3. The molecular weight excluding hydrogens is 614 g/mol. The van der Waals surface area contributed by atoms with E-state index in [1.165, 1.54) is 29.5 Å². The Morgan fingerprint density at radius 3 is 2.43 bits per heavy atom. The molecule has 1 saturated heterocycles. The Labute approximate surface area is 260 Å². The van der Waals surface area contributed by atoms with E-state index in [-0.39, 0.29) is 18.5 Å². The second kappa shape index (κ2) is 13.5. The number of likely N-dealkylation sites (tertiary alicyclic amines) is 1. The third-order valence-corrected chi connectivity index (χ3v) is 9.91. The van der Waals surface area contributed by atoms with Gasteiger partial charge in [0.15, 0.2) is 0 Å². The van der Waals surface area contributed by atoms with E-state index in [9.17, 15) is 26.0 Å². The summed E-state index contributed by atoms with van der Waals surface area (Å²) >= 11 is 1.45. The van der Waals surface area contributed by atoms with Crippen molar-refractivity contribution in [3.8, 4) is 11.5 Å². The van der Waals surface area contributed by atoms with Crippen LogP contribution in [0.5, 0.6) is 11.5 Å². The van der Waals surface area contributed by atoms with E-state index in [0.29, 0.717) is 23.5 Å². The quantitative estimate of drug-likeness (QED) is 0.126. The van der Waals surface area contributed by atoms with Crippen molar-refractivity contribution in [2.45, 2.75) is 56.0 Å². The Hall–Kier alpha value is -3.02. The number of rotatable bonds is 10. The summed E-state index contributed by atoms with van der Waals surface area (Å²) in [6.07, 6.45) is 2.93. The molecule has 44 heavy (non-hydrogen) atoms. The first-order valence-electron chi connectivity index (χ1n) is 14.7. The molecule has 0 unspecified atom stereocenters. The van der Waals surface area contributed by atoms with Crippen LogP contribution in [0.25, 0.3) is 11.1 Å². The number of nitrogens with zero attached hydrogens (tertiary/aromatic N) is 1. The van der Waals surface area contributed by atoms with Crippen LogP contribution in [-0.2, 0) is 16.5 Å². The molecule has 0 amide bonds. The van der Waals surface area contributed by atoms with E-state index in [4.69, 9.17) is 4.74 Å². The van der Waals surface area contributed by atoms with Gasteiger partial charge in [-0.2, -0.15) is 21.6 Å². The van der Waals surface area contributed by atoms with Crippen LogP contribution in [-0.4, -0.2) is 57.0 Å². The maximum atomic E-state index is 13.0. The number of aryl methyl sites for hydroxylation is 2. The van der Waals surface area contributed by atoms with E-state index < -0.39 is 15.6 Å². The van der Waals surface area contributed by atoms with Crippen LogP contribution in [0.15, 0.2) is 65.6 Å². The van der Waals surface area contributed by atoms with Crippen LogP contribution in [0.3, 0.4) is 0 Å². The first kappa shape index (κ1) is 32.4. The zero-order valence-corrected chi connectivity index (χ0v) is 26.3. The summed E-state index contributed by atoms with van der Waals surface area (Å²) in [6.45, 7) is 6.18. The Morgan fingerprint density at radius 1 is 1.00 bits per heavy atom. The predicted molar refractivity (Wildman–Crippen MR) is 166 cm³/mol. The molecule has 1 fully saturated rings. The Kier molecular flexibility index (Phi) is 9.96. The van der Waals surface area contributed by atoms with Gasteiger partial charge >= 0.3 is 15.6 Å². The molecule has 11 heteroatoms. The maximum absolute atomic E-state index is 13.0. The van der Waals surface area contributed by atoms with E-state index in [1.807, 2.05) is 24.3 Å². The number of halogens is 4. The highest BCUT2D eigenvalue weighted by atomic mass is 32.2. The molecule has 1 atom stereocenters. The summed E-state index contributed by atoms with van der Waals surface area (Å²) in [6, 6.07) is 18.5. The monoisotopic (exact) mass is 649 g/mol. The fraction of sp³-hybridized carbons (Fsp3) is 0.394. The molecule has 5 nitrogen and oxygen atoms in total. The fourth-order valence-electron chi connectivity index (χ4n) is 5.79. The molecule has 5 rings (SSSR count). The average molecular weight is 650 g/mol. The highest BCUT2D eigenvalue weighted by Crippen LogP contribution is 2.45. The summed E-state index contributed by atoms with van der Waals surface area (Å²) in [5.41, 5.74) is 1.67. The SMILES string of the molecule is CCc1cc(C)ccc1C1=C(c2ccc(O[C@H]3CCN(CCCF)C3)cc2)c2ccc(OS(=O)(=O)C(F)(F)F)cc2SCC1. The average Bonchev–Trinajstić information content (AvgIpc) is 3.34. The van der Waals surface area contributed by atoms with Gasteiger partial charge in [-0.3, -0.25) is 9.29 Å². The normalized spacial score (nSPS) is 17.8. The number of hydrogen-bond donors (Lipinski definition) is 0. The molecule has 0 aliphatic carbocycles. The highest BCUT2D eigenvalue weighted by molar-refractivity contribution is 7.99. The molecule has 2 aliphatic heterocycles. The van der Waals surface area contributed by atoms with Crippen molar-refractivity contribution >= 4 is 33.0 Å². The molecule has 3 aromatic rings. The number of thioether (sulfide) groups is 1. The minimum absolute atomic E-state index is 0.0244.